The van der Waals surface area contributed by atoms with Crippen LogP contribution >= 0.6 is 0 Å². The predicted molar refractivity (Wildman–Crippen MR) is 138 cm³/mol. The van der Waals surface area contributed by atoms with Gasteiger partial charge in [0.1, 0.15) is 11.5 Å². The number of benzene rings is 3. The summed E-state index contributed by atoms with van der Waals surface area (Å²) in [6.45, 7) is 0.293. The summed E-state index contributed by atoms with van der Waals surface area (Å²) in [5.41, 5.74) is 3.33. The van der Waals surface area contributed by atoms with Gasteiger partial charge in [-0.25, -0.2) is 8.42 Å². The largest absolute Gasteiger partial charge is 0.497 e. The third-order valence-corrected chi connectivity index (χ3v) is 8.79. The van der Waals surface area contributed by atoms with Crippen molar-refractivity contribution in [1.82, 2.24) is 4.31 Å². The van der Waals surface area contributed by atoms with Gasteiger partial charge in [-0.05, 0) is 66.6 Å². The van der Waals surface area contributed by atoms with Crippen molar-refractivity contribution in [3.63, 3.8) is 0 Å². The van der Waals surface area contributed by atoms with Gasteiger partial charge < -0.3 is 19.9 Å². The van der Waals surface area contributed by atoms with E-state index in [0.29, 0.717) is 18.7 Å². The monoisotopic (exact) mass is 504 g/mol. The molecule has 7 nitrogen and oxygen atoms in total. The lowest BCUT2D eigenvalue weighted by atomic mass is 9.83. The van der Waals surface area contributed by atoms with Gasteiger partial charge in [-0.3, -0.25) is 0 Å². The number of hydrogen-bond acceptors (Lipinski definition) is 6. The van der Waals surface area contributed by atoms with E-state index in [2.05, 4.69) is 17.2 Å². The zero-order valence-corrected chi connectivity index (χ0v) is 21.0. The van der Waals surface area contributed by atoms with Gasteiger partial charge in [0.15, 0.2) is 0 Å². The fraction of sp³-hybridized carbons (Fsp3) is 0.286. The van der Waals surface area contributed by atoms with E-state index in [-0.39, 0.29) is 23.5 Å². The number of hydrogen-bond donors (Lipinski definition) is 2. The average molecular weight is 505 g/mol. The molecule has 0 aromatic heterocycles. The summed E-state index contributed by atoms with van der Waals surface area (Å²) >= 11 is 0. The molecule has 2 aliphatic rings. The highest BCUT2D eigenvalue weighted by Crippen LogP contribution is 2.48. The van der Waals surface area contributed by atoms with E-state index >= 15 is 0 Å². The Hall–Kier alpha value is -3.51. The second kappa shape index (κ2) is 9.86. The highest BCUT2D eigenvalue weighted by atomic mass is 32.2. The maximum absolute atomic E-state index is 13.8. The first-order valence-corrected chi connectivity index (χ1v) is 13.2. The summed E-state index contributed by atoms with van der Waals surface area (Å²) in [6.07, 6.45) is 0.646. The summed E-state index contributed by atoms with van der Waals surface area (Å²) in [4.78, 5) is 0.193. The molecule has 3 aromatic rings. The van der Waals surface area contributed by atoms with Crippen molar-refractivity contribution in [3.05, 3.63) is 83.4 Å². The molecule has 0 spiro atoms. The number of nitrogens with one attached hydrogen (secondary N) is 1. The zero-order chi connectivity index (χ0) is 25.3. The molecule has 2 aliphatic heterocycles. The normalized spacial score (nSPS) is 20.9. The molecule has 3 atom stereocenters. The fourth-order valence-corrected chi connectivity index (χ4v) is 6.78. The van der Waals surface area contributed by atoms with Gasteiger partial charge in [-0.2, -0.15) is 4.31 Å². The lowest BCUT2D eigenvalue weighted by Gasteiger charge is -2.38. The molecule has 0 saturated carbocycles. The van der Waals surface area contributed by atoms with Crippen molar-refractivity contribution in [2.45, 2.75) is 23.4 Å². The number of aliphatic hydroxyl groups is 1. The number of rotatable bonds is 5. The Bertz CT molecular complexity index is 1430. The van der Waals surface area contributed by atoms with Crippen LogP contribution in [-0.4, -0.2) is 51.2 Å². The summed E-state index contributed by atoms with van der Waals surface area (Å²) in [5.74, 6) is 7.56. The van der Waals surface area contributed by atoms with Crippen LogP contribution in [0.5, 0.6) is 11.5 Å². The van der Waals surface area contributed by atoms with Gasteiger partial charge in [-0.1, -0.05) is 17.9 Å². The molecule has 1 saturated heterocycles. The molecule has 0 radical (unpaired) electrons. The average Bonchev–Trinajstić information content (AvgIpc) is 3.38. The van der Waals surface area contributed by atoms with E-state index in [1.54, 1.807) is 35.7 Å². The molecule has 3 aromatic carbocycles. The number of fused-ring (bicyclic) bond motifs is 3. The van der Waals surface area contributed by atoms with E-state index in [4.69, 9.17) is 9.47 Å². The van der Waals surface area contributed by atoms with E-state index < -0.39 is 16.1 Å². The van der Waals surface area contributed by atoms with Crippen LogP contribution in [-0.2, 0) is 10.0 Å². The van der Waals surface area contributed by atoms with Gasteiger partial charge in [0, 0.05) is 35.3 Å². The zero-order valence-electron chi connectivity index (χ0n) is 20.1. The van der Waals surface area contributed by atoms with Crippen LogP contribution in [0.2, 0.25) is 0 Å². The Balaban J connectivity index is 1.53. The standard InChI is InChI=1S/C28H28N2O5S/c1-34-21-11-8-19(9-12-21)6-7-20-10-13-26-25(16-20)28-24(27(18-31)29-26)14-15-30(28)36(32,33)23-5-3-4-22(17-23)35-2/h3-5,8-13,16-17,24,27-29,31H,14-15,18H2,1-2H3/t24-,27+,28-/m0/s1. The third-order valence-electron chi connectivity index (χ3n) is 6.91. The molecule has 0 unspecified atom stereocenters. The smallest absolute Gasteiger partial charge is 0.243 e. The van der Waals surface area contributed by atoms with Crippen LogP contribution in [0.3, 0.4) is 0 Å². The predicted octanol–water partition coefficient (Wildman–Crippen LogP) is 3.64. The van der Waals surface area contributed by atoms with Crippen LogP contribution in [0.15, 0.2) is 71.6 Å². The minimum atomic E-state index is -3.79. The van der Waals surface area contributed by atoms with E-state index in [0.717, 1.165) is 28.1 Å². The Morgan fingerprint density at radius 1 is 0.972 bits per heavy atom. The van der Waals surface area contributed by atoms with Crippen molar-refractivity contribution in [3.8, 4) is 23.3 Å². The molecule has 0 bridgehead atoms. The van der Waals surface area contributed by atoms with Crippen LogP contribution in [0, 0.1) is 17.8 Å². The molecule has 8 heteroatoms. The highest BCUT2D eigenvalue weighted by Gasteiger charge is 2.48. The molecule has 186 valence electrons. The molecule has 2 heterocycles. The molecule has 0 aliphatic carbocycles. The molecule has 2 N–H and O–H groups in total. The molecular weight excluding hydrogens is 476 g/mol. The van der Waals surface area contributed by atoms with E-state index in [1.165, 1.54) is 7.11 Å². The minimum Gasteiger partial charge on any atom is -0.497 e. The lowest BCUT2D eigenvalue weighted by Crippen LogP contribution is -2.42. The Labute approximate surface area is 211 Å². The van der Waals surface area contributed by atoms with Crippen LogP contribution in [0.4, 0.5) is 5.69 Å². The van der Waals surface area contributed by atoms with Crippen molar-refractivity contribution >= 4 is 15.7 Å². The van der Waals surface area contributed by atoms with Gasteiger partial charge in [-0.15, -0.1) is 0 Å². The number of aliphatic hydroxyl groups excluding tert-OH is 1. The quantitative estimate of drug-likeness (QED) is 0.516. The topological polar surface area (TPSA) is 88.1 Å². The van der Waals surface area contributed by atoms with E-state index in [1.807, 2.05) is 42.5 Å². The van der Waals surface area contributed by atoms with Gasteiger partial charge in [0.25, 0.3) is 0 Å². The second-order valence-electron chi connectivity index (χ2n) is 8.91. The summed E-state index contributed by atoms with van der Waals surface area (Å²) < 4.78 is 39.5. The highest BCUT2D eigenvalue weighted by molar-refractivity contribution is 7.89. The molecule has 5 rings (SSSR count). The Morgan fingerprint density at radius 2 is 1.69 bits per heavy atom. The summed E-state index contributed by atoms with van der Waals surface area (Å²) in [6, 6.07) is 19.2. The first-order chi connectivity index (χ1) is 17.4. The van der Waals surface area contributed by atoms with Crippen LogP contribution < -0.4 is 14.8 Å². The van der Waals surface area contributed by atoms with Crippen LogP contribution in [0.1, 0.15) is 29.2 Å². The third kappa shape index (κ3) is 4.42. The molecule has 36 heavy (non-hydrogen) atoms. The Morgan fingerprint density at radius 3 is 2.42 bits per heavy atom. The van der Waals surface area contributed by atoms with E-state index in [9.17, 15) is 13.5 Å². The number of anilines is 1. The minimum absolute atomic E-state index is 0.0623. The van der Waals surface area contributed by atoms with Gasteiger partial charge in [0.05, 0.1) is 37.8 Å². The first-order valence-electron chi connectivity index (χ1n) is 11.8. The van der Waals surface area contributed by atoms with Gasteiger partial charge in [0.2, 0.25) is 10.0 Å². The SMILES string of the molecule is COc1ccc(C#Cc2ccc3c(c2)[C@@H]2[C@@H](CCN2S(=O)(=O)c2cccc(OC)c2)[C@@H](CO)N3)cc1. The first kappa shape index (κ1) is 24.2. The molecular formula is C28H28N2O5S. The van der Waals surface area contributed by atoms with Crippen molar-refractivity contribution < 1.29 is 23.0 Å². The van der Waals surface area contributed by atoms with Crippen LogP contribution in [0.25, 0.3) is 0 Å². The van der Waals surface area contributed by atoms with Crippen molar-refractivity contribution in [2.24, 2.45) is 5.92 Å². The number of nitrogens with zero attached hydrogens (tertiary/aromatic N) is 1. The fourth-order valence-electron chi connectivity index (χ4n) is 5.08. The maximum atomic E-state index is 13.8. The maximum Gasteiger partial charge on any atom is 0.243 e. The summed E-state index contributed by atoms with van der Waals surface area (Å²) in [5, 5.41) is 13.5. The molecule has 1 fully saturated rings. The lowest BCUT2D eigenvalue weighted by molar-refractivity contribution is 0.210. The number of sulfonamides is 1. The molecule has 0 amide bonds. The number of ether oxygens (including phenoxy) is 2. The second-order valence-corrected chi connectivity index (χ2v) is 10.8. The van der Waals surface area contributed by atoms with Gasteiger partial charge >= 0.3 is 0 Å². The summed E-state index contributed by atoms with van der Waals surface area (Å²) in [7, 11) is -0.658. The Kier molecular flexibility index (Phi) is 6.63. The van der Waals surface area contributed by atoms with Crippen molar-refractivity contribution in [1.29, 1.82) is 0 Å². The number of methoxy groups -OCH3 is 2. The van der Waals surface area contributed by atoms with Crippen molar-refractivity contribution in [2.75, 3.05) is 32.7 Å².